The van der Waals surface area contributed by atoms with Crippen molar-refractivity contribution in [3.63, 3.8) is 0 Å². The van der Waals surface area contributed by atoms with Crippen molar-refractivity contribution in [2.24, 2.45) is 0 Å². The van der Waals surface area contributed by atoms with Crippen LogP contribution in [0.1, 0.15) is 24.0 Å². The molecule has 2 aliphatic rings. The van der Waals surface area contributed by atoms with Crippen LogP contribution in [-0.4, -0.2) is 54.5 Å². The van der Waals surface area contributed by atoms with E-state index >= 15 is 0 Å². The van der Waals surface area contributed by atoms with Crippen molar-refractivity contribution in [3.8, 4) is 0 Å². The first kappa shape index (κ1) is 14.5. The highest BCUT2D eigenvalue weighted by atomic mass is 16.2. The van der Waals surface area contributed by atoms with Gasteiger partial charge in [-0.3, -0.25) is 9.69 Å². The average Bonchev–Trinajstić information content (AvgIpc) is 2.98. The lowest BCUT2D eigenvalue weighted by Gasteiger charge is -2.33. The van der Waals surface area contributed by atoms with Gasteiger partial charge < -0.3 is 10.2 Å². The van der Waals surface area contributed by atoms with Gasteiger partial charge in [-0.15, -0.1) is 0 Å². The molecular formula is C17H25N3O. The van der Waals surface area contributed by atoms with Crippen molar-refractivity contribution in [3.05, 3.63) is 35.4 Å². The summed E-state index contributed by atoms with van der Waals surface area (Å²) in [5, 5.41) is 3.31. The molecule has 1 amide bonds. The molecule has 0 radical (unpaired) electrons. The number of aryl methyl sites for hydroxylation is 1. The van der Waals surface area contributed by atoms with E-state index in [1.54, 1.807) is 0 Å². The quantitative estimate of drug-likeness (QED) is 0.912. The van der Waals surface area contributed by atoms with Crippen molar-refractivity contribution in [2.75, 3.05) is 32.7 Å². The Bertz CT molecular complexity index is 497. The predicted molar refractivity (Wildman–Crippen MR) is 84.1 cm³/mol. The highest BCUT2D eigenvalue weighted by Crippen LogP contribution is 2.23. The van der Waals surface area contributed by atoms with Gasteiger partial charge >= 0.3 is 0 Å². The normalized spacial score (nSPS) is 23.5. The number of rotatable bonds is 3. The molecule has 21 heavy (non-hydrogen) atoms. The third-order valence-corrected chi connectivity index (χ3v) is 4.71. The predicted octanol–water partition coefficient (Wildman–Crippen LogP) is 1.39. The molecule has 0 aromatic heterocycles. The van der Waals surface area contributed by atoms with Crippen molar-refractivity contribution in [2.45, 2.75) is 32.4 Å². The molecule has 1 unspecified atom stereocenters. The number of carbonyl (C=O) groups excluding carboxylic acids is 1. The largest absolute Gasteiger partial charge is 0.339 e. The Labute approximate surface area is 127 Å². The second-order valence-corrected chi connectivity index (χ2v) is 6.13. The highest BCUT2D eigenvalue weighted by molar-refractivity contribution is 5.82. The standard InChI is InChI=1S/C17H25N3O/c1-14-5-2-3-6-15(14)13-20-10-4-7-16(20)17(21)19-11-8-18-9-12-19/h2-3,5-6,16,18H,4,7-13H2,1H3. The summed E-state index contributed by atoms with van der Waals surface area (Å²) in [5.41, 5.74) is 2.66. The van der Waals surface area contributed by atoms with Crippen LogP contribution in [0.4, 0.5) is 0 Å². The zero-order valence-corrected chi connectivity index (χ0v) is 12.8. The summed E-state index contributed by atoms with van der Waals surface area (Å²) in [6.07, 6.45) is 2.14. The number of carbonyl (C=O) groups is 1. The number of amides is 1. The maximum atomic E-state index is 12.7. The first-order valence-corrected chi connectivity index (χ1v) is 8.04. The van der Waals surface area contributed by atoms with Gasteiger partial charge in [0.05, 0.1) is 6.04 Å². The van der Waals surface area contributed by atoms with E-state index in [9.17, 15) is 4.79 Å². The Balaban J connectivity index is 1.67. The first-order chi connectivity index (χ1) is 10.3. The minimum absolute atomic E-state index is 0.0858. The van der Waals surface area contributed by atoms with Crippen LogP contribution in [-0.2, 0) is 11.3 Å². The van der Waals surface area contributed by atoms with Crippen molar-refractivity contribution in [1.29, 1.82) is 0 Å². The zero-order valence-electron chi connectivity index (χ0n) is 12.8. The van der Waals surface area contributed by atoms with Crippen LogP contribution in [0.3, 0.4) is 0 Å². The van der Waals surface area contributed by atoms with Gasteiger partial charge in [-0.1, -0.05) is 24.3 Å². The van der Waals surface area contributed by atoms with Crippen molar-refractivity contribution >= 4 is 5.91 Å². The molecule has 0 aliphatic carbocycles. The van der Waals surface area contributed by atoms with Crippen LogP contribution in [0.15, 0.2) is 24.3 Å². The summed E-state index contributed by atoms with van der Waals surface area (Å²) in [4.78, 5) is 17.1. The minimum Gasteiger partial charge on any atom is -0.339 e. The molecule has 4 nitrogen and oxygen atoms in total. The SMILES string of the molecule is Cc1ccccc1CN1CCCC1C(=O)N1CCNCC1. The van der Waals surface area contributed by atoms with Gasteiger partial charge in [-0.25, -0.2) is 0 Å². The van der Waals surface area contributed by atoms with Crippen molar-refractivity contribution < 1.29 is 4.79 Å². The summed E-state index contributed by atoms with van der Waals surface area (Å²) >= 11 is 0. The molecule has 4 heteroatoms. The highest BCUT2D eigenvalue weighted by Gasteiger charge is 2.34. The third-order valence-electron chi connectivity index (χ3n) is 4.71. The van der Waals surface area contributed by atoms with Gasteiger partial charge in [0.15, 0.2) is 0 Å². The lowest BCUT2D eigenvalue weighted by atomic mass is 10.1. The molecule has 1 aromatic rings. The molecule has 0 saturated carbocycles. The number of hydrogen-bond acceptors (Lipinski definition) is 3. The van der Waals surface area contributed by atoms with Crippen LogP contribution in [0.25, 0.3) is 0 Å². The monoisotopic (exact) mass is 287 g/mol. The fourth-order valence-corrected chi connectivity index (χ4v) is 3.40. The maximum Gasteiger partial charge on any atom is 0.240 e. The fraction of sp³-hybridized carbons (Fsp3) is 0.588. The number of nitrogens with zero attached hydrogens (tertiary/aromatic N) is 2. The molecule has 114 valence electrons. The molecule has 2 aliphatic heterocycles. The lowest BCUT2D eigenvalue weighted by Crippen LogP contribution is -2.52. The lowest BCUT2D eigenvalue weighted by molar-refractivity contribution is -0.136. The molecule has 1 atom stereocenters. The first-order valence-electron chi connectivity index (χ1n) is 8.04. The second kappa shape index (κ2) is 6.58. The molecule has 0 bridgehead atoms. The van der Waals surface area contributed by atoms with E-state index in [-0.39, 0.29) is 6.04 Å². The fourth-order valence-electron chi connectivity index (χ4n) is 3.40. The number of benzene rings is 1. The maximum absolute atomic E-state index is 12.7. The zero-order chi connectivity index (χ0) is 14.7. The average molecular weight is 287 g/mol. The number of nitrogens with one attached hydrogen (secondary N) is 1. The second-order valence-electron chi connectivity index (χ2n) is 6.13. The number of hydrogen-bond donors (Lipinski definition) is 1. The Morgan fingerprint density at radius 1 is 1.24 bits per heavy atom. The van der Waals surface area contributed by atoms with Crippen molar-refractivity contribution in [1.82, 2.24) is 15.1 Å². The summed E-state index contributed by atoms with van der Waals surface area (Å²) in [6.45, 7) is 7.65. The van der Waals surface area contributed by atoms with Crippen LogP contribution >= 0.6 is 0 Å². The summed E-state index contributed by atoms with van der Waals surface area (Å²) < 4.78 is 0. The summed E-state index contributed by atoms with van der Waals surface area (Å²) in [6, 6.07) is 8.58. The van der Waals surface area contributed by atoms with E-state index < -0.39 is 0 Å². The van der Waals surface area contributed by atoms with E-state index in [4.69, 9.17) is 0 Å². The van der Waals surface area contributed by atoms with E-state index in [1.807, 2.05) is 4.90 Å². The van der Waals surface area contributed by atoms with E-state index in [1.165, 1.54) is 11.1 Å². The van der Waals surface area contributed by atoms with Crippen LogP contribution in [0, 0.1) is 6.92 Å². The van der Waals surface area contributed by atoms with Crippen LogP contribution in [0.2, 0.25) is 0 Å². The number of likely N-dealkylation sites (tertiary alicyclic amines) is 1. The summed E-state index contributed by atoms with van der Waals surface area (Å²) in [7, 11) is 0. The molecule has 1 aromatic carbocycles. The minimum atomic E-state index is 0.0858. The van der Waals surface area contributed by atoms with Crippen LogP contribution in [0.5, 0.6) is 0 Å². The van der Waals surface area contributed by atoms with Gasteiger partial charge in [-0.2, -0.15) is 0 Å². The molecule has 2 heterocycles. The Hall–Kier alpha value is -1.39. The van der Waals surface area contributed by atoms with Gasteiger partial charge in [0.1, 0.15) is 0 Å². The summed E-state index contributed by atoms with van der Waals surface area (Å²) in [5.74, 6) is 0.336. The molecule has 2 fully saturated rings. The van der Waals surface area contributed by atoms with Gasteiger partial charge in [0.25, 0.3) is 0 Å². The Morgan fingerprint density at radius 3 is 2.76 bits per heavy atom. The van der Waals surface area contributed by atoms with E-state index in [0.717, 1.165) is 52.1 Å². The molecule has 2 saturated heterocycles. The van der Waals surface area contributed by atoms with Gasteiger partial charge in [0.2, 0.25) is 5.91 Å². The Morgan fingerprint density at radius 2 is 2.00 bits per heavy atom. The molecular weight excluding hydrogens is 262 g/mol. The molecule has 1 N–H and O–H groups in total. The van der Waals surface area contributed by atoms with Gasteiger partial charge in [-0.05, 0) is 37.4 Å². The third kappa shape index (κ3) is 3.27. The van der Waals surface area contributed by atoms with E-state index in [2.05, 4.69) is 41.4 Å². The smallest absolute Gasteiger partial charge is 0.240 e. The molecule has 3 rings (SSSR count). The van der Waals surface area contributed by atoms with Gasteiger partial charge in [0, 0.05) is 32.7 Å². The topological polar surface area (TPSA) is 35.6 Å². The number of piperazine rings is 1. The Kier molecular flexibility index (Phi) is 4.56. The van der Waals surface area contributed by atoms with Crippen LogP contribution < -0.4 is 5.32 Å². The molecule has 0 spiro atoms. The van der Waals surface area contributed by atoms with E-state index in [0.29, 0.717) is 5.91 Å².